The number of aromatic nitrogens is 2. The van der Waals surface area contributed by atoms with Crippen LogP contribution in [0.2, 0.25) is 0 Å². The maximum absolute atomic E-state index is 12.5. The second-order valence-electron chi connectivity index (χ2n) is 10.2. The fraction of sp³-hybridized carbons (Fsp3) is 0.577. The predicted molar refractivity (Wildman–Crippen MR) is 127 cm³/mol. The van der Waals surface area contributed by atoms with E-state index in [1.165, 1.54) is 18.4 Å². The third-order valence-electron chi connectivity index (χ3n) is 6.05. The molecular weight excluding hydrogens is 418 g/mol. The molecule has 7 heteroatoms. The van der Waals surface area contributed by atoms with Crippen molar-refractivity contribution < 1.29 is 19.0 Å². The number of ether oxygens (including phenoxy) is 3. The average Bonchev–Trinajstić information content (AvgIpc) is 3.51. The van der Waals surface area contributed by atoms with Crippen molar-refractivity contribution in [1.82, 2.24) is 9.97 Å². The second kappa shape index (κ2) is 9.67. The van der Waals surface area contributed by atoms with Gasteiger partial charge < -0.3 is 14.2 Å². The lowest BCUT2D eigenvalue weighted by molar-refractivity contribution is -0.0618. The zero-order valence-corrected chi connectivity index (χ0v) is 20.3. The first-order valence-electron chi connectivity index (χ1n) is 11.9. The number of carbonyl (C=O) groups is 1. The number of nitrogens with zero attached hydrogens (tertiary/aromatic N) is 3. The summed E-state index contributed by atoms with van der Waals surface area (Å²) in [5.41, 5.74) is 0.884. The van der Waals surface area contributed by atoms with Crippen LogP contribution < -0.4 is 9.64 Å². The predicted octanol–water partition coefficient (Wildman–Crippen LogP) is 5.14. The minimum Gasteiger partial charge on any atom is -0.493 e. The Balaban J connectivity index is 1.42. The first-order valence-corrected chi connectivity index (χ1v) is 11.9. The molecule has 0 bridgehead atoms. The van der Waals surface area contributed by atoms with Crippen molar-refractivity contribution in [3.8, 4) is 5.75 Å². The number of rotatable bonds is 9. The van der Waals surface area contributed by atoms with E-state index < -0.39 is 6.09 Å². The van der Waals surface area contributed by atoms with Gasteiger partial charge >= 0.3 is 6.09 Å². The Morgan fingerprint density at radius 3 is 2.55 bits per heavy atom. The highest BCUT2D eigenvalue weighted by atomic mass is 16.6. The Morgan fingerprint density at radius 1 is 1.15 bits per heavy atom. The summed E-state index contributed by atoms with van der Waals surface area (Å²) < 4.78 is 17.3. The van der Waals surface area contributed by atoms with Crippen LogP contribution in [-0.4, -0.2) is 47.0 Å². The molecule has 0 unspecified atom stereocenters. The Hall–Kier alpha value is -2.67. The summed E-state index contributed by atoms with van der Waals surface area (Å²) in [5.74, 6) is 3.12. The summed E-state index contributed by atoms with van der Waals surface area (Å²) in [5, 5.41) is 0. The van der Waals surface area contributed by atoms with Crippen molar-refractivity contribution in [2.45, 2.75) is 77.5 Å². The normalized spacial score (nSPS) is 20.5. The van der Waals surface area contributed by atoms with Crippen molar-refractivity contribution in [3.05, 3.63) is 47.9 Å². The molecule has 0 radical (unpaired) electrons. The number of benzene rings is 1. The summed E-state index contributed by atoms with van der Waals surface area (Å²) in [6.45, 7) is 11.2. The zero-order chi connectivity index (χ0) is 23.6. The molecular formula is C26H35N3O4. The highest BCUT2D eigenvalue weighted by Crippen LogP contribution is 2.30. The zero-order valence-electron chi connectivity index (χ0n) is 20.3. The van der Waals surface area contributed by atoms with Crippen molar-refractivity contribution in [1.29, 1.82) is 0 Å². The quantitative estimate of drug-likeness (QED) is 0.523. The molecule has 1 amide bonds. The van der Waals surface area contributed by atoms with Crippen LogP contribution >= 0.6 is 0 Å². The Morgan fingerprint density at radius 2 is 1.88 bits per heavy atom. The van der Waals surface area contributed by atoms with Crippen LogP contribution in [0.4, 0.5) is 10.6 Å². The van der Waals surface area contributed by atoms with Gasteiger partial charge in [0.1, 0.15) is 30.0 Å². The standard InChI is InChI=1S/C26H35N3O4/c1-17(20-8-10-21(11-9-20)31-15-19-6-7-19)14-23-27-13-12-24(28-23)29-22(16-32-25(29)30)18(2)33-26(3,4)5/h8-13,17-19,22H,6-7,14-16H2,1-5H3/t17-,18-,22-/m1/s1. The van der Waals surface area contributed by atoms with Crippen LogP contribution in [0.1, 0.15) is 64.8 Å². The molecule has 2 heterocycles. The molecule has 2 fully saturated rings. The van der Waals surface area contributed by atoms with Gasteiger partial charge in [0.05, 0.1) is 18.3 Å². The molecule has 178 valence electrons. The number of hydrogen-bond acceptors (Lipinski definition) is 6. The van der Waals surface area contributed by atoms with Crippen LogP contribution in [0.5, 0.6) is 5.75 Å². The van der Waals surface area contributed by atoms with E-state index in [4.69, 9.17) is 19.2 Å². The Bertz CT molecular complexity index is 953. The number of carbonyl (C=O) groups excluding carboxylic acids is 1. The van der Waals surface area contributed by atoms with E-state index in [1.54, 1.807) is 17.2 Å². The first-order chi connectivity index (χ1) is 15.7. The van der Waals surface area contributed by atoms with Crippen LogP contribution in [0.3, 0.4) is 0 Å². The second-order valence-corrected chi connectivity index (χ2v) is 10.2. The molecule has 0 spiro atoms. The number of amides is 1. The van der Waals surface area contributed by atoms with Crippen LogP contribution in [-0.2, 0) is 15.9 Å². The summed E-state index contributed by atoms with van der Waals surface area (Å²) in [4.78, 5) is 23.3. The van der Waals surface area contributed by atoms with E-state index in [0.717, 1.165) is 18.3 Å². The van der Waals surface area contributed by atoms with Gasteiger partial charge in [0.25, 0.3) is 0 Å². The van der Waals surface area contributed by atoms with E-state index in [9.17, 15) is 4.79 Å². The fourth-order valence-electron chi connectivity index (χ4n) is 4.08. The van der Waals surface area contributed by atoms with Gasteiger partial charge in [-0.2, -0.15) is 0 Å². The van der Waals surface area contributed by atoms with E-state index in [-0.39, 0.29) is 30.3 Å². The van der Waals surface area contributed by atoms with E-state index in [2.05, 4.69) is 24.0 Å². The molecule has 7 nitrogen and oxygen atoms in total. The largest absolute Gasteiger partial charge is 0.493 e. The van der Waals surface area contributed by atoms with Crippen molar-refractivity contribution in [2.24, 2.45) is 5.92 Å². The third kappa shape index (κ3) is 6.22. The fourth-order valence-corrected chi connectivity index (χ4v) is 4.08. The Kier molecular flexibility index (Phi) is 6.88. The maximum atomic E-state index is 12.5. The summed E-state index contributed by atoms with van der Waals surface area (Å²) >= 11 is 0. The summed E-state index contributed by atoms with van der Waals surface area (Å²) in [7, 11) is 0. The van der Waals surface area contributed by atoms with Gasteiger partial charge in [-0.25, -0.2) is 14.8 Å². The van der Waals surface area contributed by atoms with Gasteiger partial charge in [-0.1, -0.05) is 19.1 Å². The van der Waals surface area contributed by atoms with Gasteiger partial charge in [-0.3, -0.25) is 4.90 Å². The average molecular weight is 454 g/mol. The minimum absolute atomic E-state index is 0.200. The van der Waals surface area contributed by atoms with E-state index in [1.807, 2.05) is 39.8 Å². The lowest BCUT2D eigenvalue weighted by Gasteiger charge is -2.31. The van der Waals surface area contributed by atoms with Gasteiger partial charge in [0.2, 0.25) is 0 Å². The van der Waals surface area contributed by atoms with Crippen LogP contribution in [0, 0.1) is 5.92 Å². The monoisotopic (exact) mass is 453 g/mol. The minimum atomic E-state index is -0.399. The molecule has 2 aromatic rings. The van der Waals surface area contributed by atoms with Crippen LogP contribution in [0.25, 0.3) is 0 Å². The molecule has 4 rings (SSSR count). The van der Waals surface area contributed by atoms with Gasteiger partial charge in [0, 0.05) is 12.6 Å². The number of anilines is 1. The van der Waals surface area contributed by atoms with Crippen LogP contribution in [0.15, 0.2) is 36.5 Å². The smallest absolute Gasteiger partial charge is 0.416 e. The molecule has 1 aromatic carbocycles. The molecule has 1 saturated heterocycles. The molecule has 1 aliphatic carbocycles. The van der Waals surface area contributed by atoms with Crippen molar-refractivity contribution in [3.63, 3.8) is 0 Å². The van der Waals surface area contributed by atoms with Crippen molar-refractivity contribution in [2.75, 3.05) is 18.1 Å². The van der Waals surface area contributed by atoms with E-state index in [0.29, 0.717) is 18.1 Å². The molecule has 1 aliphatic heterocycles. The topological polar surface area (TPSA) is 73.8 Å². The lowest BCUT2D eigenvalue weighted by Crippen LogP contribution is -2.45. The first kappa shape index (κ1) is 23.5. The summed E-state index contributed by atoms with van der Waals surface area (Å²) in [6.07, 6.45) is 4.34. The molecule has 0 N–H and O–H groups in total. The molecule has 33 heavy (non-hydrogen) atoms. The SMILES string of the molecule is C[C@H](Cc1nccc(N2C(=O)OC[C@@H]2[C@@H](C)OC(C)(C)C)n1)c1ccc(OCC2CC2)cc1. The summed E-state index contributed by atoms with van der Waals surface area (Å²) in [6, 6.07) is 9.80. The Labute approximate surface area is 196 Å². The van der Waals surface area contributed by atoms with Gasteiger partial charge in [0.15, 0.2) is 0 Å². The molecule has 3 atom stereocenters. The number of cyclic esters (lactones) is 1. The van der Waals surface area contributed by atoms with Gasteiger partial charge in [-0.15, -0.1) is 0 Å². The highest BCUT2D eigenvalue weighted by molar-refractivity contribution is 5.89. The lowest BCUT2D eigenvalue weighted by atomic mass is 9.97. The maximum Gasteiger partial charge on any atom is 0.416 e. The molecule has 2 aliphatic rings. The van der Waals surface area contributed by atoms with E-state index >= 15 is 0 Å². The van der Waals surface area contributed by atoms with Crippen molar-refractivity contribution >= 4 is 11.9 Å². The van der Waals surface area contributed by atoms with Gasteiger partial charge in [-0.05, 0) is 76.1 Å². The third-order valence-corrected chi connectivity index (χ3v) is 6.05. The highest BCUT2D eigenvalue weighted by Gasteiger charge is 2.40. The molecule has 1 aromatic heterocycles. The molecule has 1 saturated carbocycles. The number of hydrogen-bond donors (Lipinski definition) is 0.